The minimum atomic E-state index is -4.30. The summed E-state index contributed by atoms with van der Waals surface area (Å²) in [4.78, 5) is 17.2. The molecule has 4 aliphatic heterocycles. The molecule has 12 heteroatoms. The zero-order valence-corrected chi connectivity index (χ0v) is 28.1. The molecule has 3 N–H and O–H groups in total. The lowest BCUT2D eigenvalue weighted by Crippen LogP contribution is -2.62. The molecule has 3 aromatic rings. The molecule has 1 amide bonds. The number of epoxide rings is 1. The minimum absolute atomic E-state index is 0.0817. The highest BCUT2D eigenvalue weighted by Crippen LogP contribution is 2.55. The topological polar surface area (TPSA) is 139 Å². The molecule has 0 bridgehead atoms. The monoisotopic (exact) mass is 668 g/mol. The molecule has 3 aromatic carbocycles. The number of nitriles is 1. The molecular weight excluding hydrogens is 629 g/mol. The number of benzene rings is 3. The van der Waals surface area contributed by atoms with E-state index in [0.717, 1.165) is 27.9 Å². The highest BCUT2D eigenvalue weighted by atomic mass is 32.2. The van der Waals surface area contributed by atoms with E-state index in [4.69, 9.17) is 9.47 Å². The Labute approximate surface area is 281 Å². The van der Waals surface area contributed by atoms with E-state index >= 15 is 0 Å². The second kappa shape index (κ2) is 11.0. The maximum Gasteiger partial charge on any atom is 0.414 e. The van der Waals surface area contributed by atoms with Gasteiger partial charge in [0, 0.05) is 18.3 Å². The van der Waals surface area contributed by atoms with Gasteiger partial charge in [-0.1, -0.05) is 60.7 Å². The van der Waals surface area contributed by atoms with Crippen molar-refractivity contribution in [3.8, 4) is 6.07 Å². The lowest BCUT2D eigenvalue weighted by atomic mass is 9.80. The summed E-state index contributed by atoms with van der Waals surface area (Å²) in [5, 5.41) is 14.2. The Morgan fingerprint density at radius 1 is 1.02 bits per heavy atom. The smallest absolute Gasteiger partial charge is 0.414 e. The second-order valence-corrected chi connectivity index (χ2v) is 15.6. The van der Waals surface area contributed by atoms with Crippen molar-refractivity contribution in [2.75, 3.05) is 23.4 Å². The number of anilines is 2. The van der Waals surface area contributed by atoms with Crippen LogP contribution in [-0.4, -0.2) is 51.9 Å². The summed E-state index contributed by atoms with van der Waals surface area (Å²) in [5.74, 6) is 0. The number of rotatable bonds is 7. The number of hydrogen-bond acceptors (Lipinski definition) is 8. The predicted octanol–water partition coefficient (Wildman–Crippen LogP) is 4.46. The molecule has 48 heavy (non-hydrogen) atoms. The fraction of sp³-hybridized carbons (Fsp3) is 0.444. The van der Waals surface area contributed by atoms with E-state index in [9.17, 15) is 18.5 Å². The number of ether oxygens (including phenoxy) is 2. The number of carbonyl (C=O) groups is 1. The van der Waals surface area contributed by atoms with Gasteiger partial charge < -0.3 is 19.7 Å². The van der Waals surface area contributed by atoms with E-state index in [1.54, 1.807) is 4.90 Å². The van der Waals surface area contributed by atoms with Crippen LogP contribution >= 0.6 is 0 Å². The first-order valence-corrected chi connectivity index (χ1v) is 18.1. The molecule has 1 aliphatic carbocycles. The number of nitrogens with zero attached hydrogens (tertiary/aromatic N) is 3. The predicted molar refractivity (Wildman–Crippen MR) is 180 cm³/mol. The van der Waals surface area contributed by atoms with Crippen LogP contribution in [0.15, 0.2) is 72.8 Å². The van der Waals surface area contributed by atoms with E-state index in [1.807, 2.05) is 84.7 Å². The van der Waals surface area contributed by atoms with Gasteiger partial charge in [0.15, 0.2) is 0 Å². The third-order valence-electron chi connectivity index (χ3n) is 11.1. The highest BCUT2D eigenvalue weighted by molar-refractivity contribution is 7.87. The molecule has 0 spiro atoms. The molecular formula is C36H40N6O5S. The lowest BCUT2D eigenvalue weighted by molar-refractivity contribution is 0.143. The van der Waals surface area contributed by atoms with Crippen LogP contribution in [0.2, 0.25) is 0 Å². The van der Waals surface area contributed by atoms with Crippen molar-refractivity contribution < 1.29 is 22.7 Å². The highest BCUT2D eigenvalue weighted by Gasteiger charge is 2.62. The molecule has 0 aromatic heterocycles. The normalized spacial score (nSPS) is 31.0. The molecule has 6 atom stereocenters. The average Bonchev–Trinajstić information content (AvgIpc) is 3.31. The number of para-hydroxylation sites is 1. The Bertz CT molecular complexity index is 1930. The van der Waals surface area contributed by atoms with Crippen molar-refractivity contribution in [3.05, 3.63) is 95.1 Å². The molecule has 5 aliphatic rings. The van der Waals surface area contributed by atoms with Gasteiger partial charge in [0.25, 0.3) is 10.2 Å². The minimum Gasteiger partial charge on any atom is -0.444 e. The number of likely N-dealkylation sites (N-methyl/N-ethyl adjacent to an activating group) is 1. The quantitative estimate of drug-likeness (QED) is 0.314. The Morgan fingerprint density at radius 3 is 2.48 bits per heavy atom. The van der Waals surface area contributed by atoms with Gasteiger partial charge in [-0.15, -0.1) is 0 Å². The average molecular weight is 669 g/mol. The third-order valence-corrected chi connectivity index (χ3v) is 12.3. The van der Waals surface area contributed by atoms with Crippen LogP contribution in [0.1, 0.15) is 67.8 Å². The van der Waals surface area contributed by atoms with Crippen molar-refractivity contribution in [2.45, 2.75) is 87.0 Å². The molecule has 2 fully saturated rings. The van der Waals surface area contributed by atoms with Gasteiger partial charge in [0.05, 0.1) is 40.5 Å². The zero-order valence-electron chi connectivity index (χ0n) is 27.3. The van der Waals surface area contributed by atoms with Gasteiger partial charge in [-0.2, -0.15) is 23.1 Å². The van der Waals surface area contributed by atoms with Gasteiger partial charge >= 0.3 is 6.09 Å². The summed E-state index contributed by atoms with van der Waals surface area (Å²) >= 11 is 0. The third kappa shape index (κ3) is 4.67. The summed E-state index contributed by atoms with van der Waals surface area (Å²) in [6.07, 6.45) is 1.58. The van der Waals surface area contributed by atoms with Crippen LogP contribution in [0.5, 0.6) is 0 Å². The fourth-order valence-electron chi connectivity index (χ4n) is 8.96. The number of hydrogen-bond donors (Lipinski definition) is 3. The van der Waals surface area contributed by atoms with Crippen LogP contribution in [-0.2, 0) is 37.4 Å². The first kappa shape index (κ1) is 31.3. The Morgan fingerprint density at radius 2 is 1.73 bits per heavy atom. The molecule has 250 valence electrons. The van der Waals surface area contributed by atoms with Crippen molar-refractivity contribution >= 4 is 27.7 Å². The number of amides is 1. The summed E-state index contributed by atoms with van der Waals surface area (Å²) in [5.41, 5.74) is 2.19. The maximum absolute atomic E-state index is 14.7. The molecule has 11 nitrogen and oxygen atoms in total. The van der Waals surface area contributed by atoms with Crippen LogP contribution in [0.3, 0.4) is 0 Å². The molecule has 4 heterocycles. The van der Waals surface area contributed by atoms with Gasteiger partial charge in [-0.05, 0) is 74.9 Å². The van der Waals surface area contributed by atoms with Gasteiger partial charge in [0.2, 0.25) is 0 Å². The van der Waals surface area contributed by atoms with Crippen molar-refractivity contribution in [2.24, 2.45) is 0 Å². The molecule has 1 saturated carbocycles. The lowest BCUT2D eigenvalue weighted by Gasteiger charge is -2.38. The first-order valence-electron chi connectivity index (χ1n) is 16.6. The fourth-order valence-corrected chi connectivity index (χ4v) is 10.6. The van der Waals surface area contributed by atoms with E-state index in [0.29, 0.717) is 37.9 Å². The van der Waals surface area contributed by atoms with Crippen LogP contribution in [0.25, 0.3) is 0 Å². The standard InChI is InChI=1S/C36H40N6O5S/c1-34(2)32(47-34)31-24-13-9-16-27-30(24)36(19-20-38-31,29(21-37)41(27)3)40-48(44,45)39-35-18-10-17-28(35)42(26-15-8-7-14-25(26)35)33(43)46-22-23-11-5-4-6-12-23/h4-9,11-16,28-29,31-32,38-40H,10,17-20,22H2,1-3H3/t28-,29-,31+,32-,35+,36-/m1/s1. The summed E-state index contributed by atoms with van der Waals surface area (Å²) in [6.45, 7) is 4.68. The van der Waals surface area contributed by atoms with E-state index in [2.05, 4.69) is 34.7 Å². The van der Waals surface area contributed by atoms with E-state index < -0.39 is 39.5 Å². The van der Waals surface area contributed by atoms with Gasteiger partial charge in [-0.25, -0.2) is 4.79 Å². The van der Waals surface area contributed by atoms with E-state index in [-0.39, 0.29) is 24.4 Å². The molecule has 8 rings (SSSR count). The van der Waals surface area contributed by atoms with Crippen LogP contribution in [0.4, 0.5) is 16.2 Å². The number of nitrogens with one attached hydrogen (secondary N) is 3. The van der Waals surface area contributed by atoms with Gasteiger partial charge in [0.1, 0.15) is 18.8 Å². The molecule has 0 radical (unpaired) electrons. The number of fused-ring (bicyclic) bond motifs is 3. The zero-order chi connectivity index (χ0) is 33.5. The first-order chi connectivity index (χ1) is 23.0. The van der Waals surface area contributed by atoms with E-state index in [1.165, 1.54) is 0 Å². The van der Waals surface area contributed by atoms with Gasteiger partial charge in [-0.3, -0.25) is 4.90 Å². The molecule has 1 saturated heterocycles. The van der Waals surface area contributed by atoms with Crippen molar-refractivity contribution in [1.29, 1.82) is 5.26 Å². The van der Waals surface area contributed by atoms with Crippen molar-refractivity contribution in [1.82, 2.24) is 14.8 Å². The van der Waals surface area contributed by atoms with Crippen LogP contribution in [0, 0.1) is 11.3 Å². The Kier molecular flexibility index (Phi) is 7.18. The summed E-state index contributed by atoms with van der Waals surface area (Å²) < 4.78 is 47.4. The molecule has 0 unspecified atom stereocenters. The Hall–Kier alpha value is -3.99. The van der Waals surface area contributed by atoms with Crippen molar-refractivity contribution in [3.63, 3.8) is 0 Å². The SMILES string of the molecule is CN1c2cccc3c2[C@@](NS(=O)(=O)N[C@]24CCC[C@H]2N(C(=O)OCc2ccccc2)c2ccccc24)(CCN[C@@H]3[C@H]2OC2(C)C)[C@H]1C#N. The summed E-state index contributed by atoms with van der Waals surface area (Å²) in [7, 11) is -2.45. The second-order valence-electron chi connectivity index (χ2n) is 14.2. The van der Waals surface area contributed by atoms with Crippen LogP contribution < -0.4 is 24.6 Å². The largest absolute Gasteiger partial charge is 0.444 e. The number of carbonyl (C=O) groups excluding carboxylic acids is 1. The summed E-state index contributed by atoms with van der Waals surface area (Å²) in [6, 6.07) is 23.9. The maximum atomic E-state index is 14.7. The Balaban J connectivity index is 1.15.